The molecule has 0 bridgehead atoms. The van der Waals surface area contributed by atoms with Gasteiger partial charge in [-0.25, -0.2) is 22.5 Å². The van der Waals surface area contributed by atoms with Gasteiger partial charge in [-0.3, -0.25) is 0 Å². The van der Waals surface area contributed by atoms with Crippen LogP contribution in [0.1, 0.15) is 5.01 Å². The van der Waals surface area contributed by atoms with Crippen LogP contribution in [0.25, 0.3) is 0 Å². The average molecular weight is 301 g/mol. The van der Waals surface area contributed by atoms with E-state index in [1.54, 1.807) is 6.20 Å². The molecule has 2 aromatic rings. The zero-order valence-electron chi connectivity index (χ0n) is 9.84. The first kappa shape index (κ1) is 13.9. The Bertz CT molecular complexity index is 636. The van der Waals surface area contributed by atoms with Crippen LogP contribution >= 0.6 is 11.3 Å². The molecule has 0 aliphatic rings. The molecule has 2 rings (SSSR count). The normalized spacial score (nSPS) is 11.6. The fourth-order valence-electron chi connectivity index (χ4n) is 1.49. The molecule has 0 spiro atoms. The van der Waals surface area contributed by atoms with Crippen molar-refractivity contribution in [3.63, 3.8) is 0 Å². The fraction of sp³-hybridized carbons (Fsp3) is 0.182. The van der Waals surface area contributed by atoms with Gasteiger partial charge in [0.15, 0.2) is 0 Å². The summed E-state index contributed by atoms with van der Waals surface area (Å²) in [4.78, 5) is 3.86. The summed E-state index contributed by atoms with van der Waals surface area (Å²) >= 11 is 1.45. The van der Waals surface area contributed by atoms with E-state index in [0.29, 0.717) is 6.42 Å². The Morgan fingerprint density at radius 2 is 2.16 bits per heavy atom. The highest BCUT2D eigenvalue weighted by Gasteiger charge is 2.15. The quantitative estimate of drug-likeness (QED) is 0.817. The van der Waals surface area contributed by atoms with Crippen molar-refractivity contribution < 1.29 is 12.8 Å². The molecule has 1 aromatic carbocycles. The second-order valence-electron chi connectivity index (χ2n) is 3.79. The number of halogens is 1. The van der Waals surface area contributed by atoms with E-state index in [0.717, 1.165) is 17.1 Å². The van der Waals surface area contributed by atoms with Gasteiger partial charge in [-0.2, -0.15) is 0 Å². The van der Waals surface area contributed by atoms with Crippen molar-refractivity contribution in [2.45, 2.75) is 11.3 Å². The second kappa shape index (κ2) is 5.64. The zero-order valence-corrected chi connectivity index (χ0v) is 11.5. The third-order valence-corrected chi connectivity index (χ3v) is 4.60. The maximum atomic E-state index is 13.1. The van der Waals surface area contributed by atoms with Gasteiger partial charge in [0.05, 0.1) is 9.90 Å². The summed E-state index contributed by atoms with van der Waals surface area (Å²) in [6.07, 6.45) is 2.14. The summed E-state index contributed by atoms with van der Waals surface area (Å²) in [5.41, 5.74) is 5.49. The highest BCUT2D eigenvalue weighted by atomic mass is 32.2. The van der Waals surface area contributed by atoms with Crippen molar-refractivity contribution in [1.29, 1.82) is 0 Å². The van der Waals surface area contributed by atoms with Crippen molar-refractivity contribution in [2.75, 3.05) is 12.3 Å². The van der Waals surface area contributed by atoms with Crippen LogP contribution in [0.4, 0.5) is 10.1 Å². The molecule has 0 radical (unpaired) electrons. The molecule has 0 aliphatic heterocycles. The van der Waals surface area contributed by atoms with Crippen molar-refractivity contribution >= 4 is 27.0 Å². The van der Waals surface area contributed by atoms with E-state index in [2.05, 4.69) is 9.71 Å². The number of thiazole rings is 1. The monoisotopic (exact) mass is 301 g/mol. The largest absolute Gasteiger partial charge is 0.399 e. The molecule has 3 N–H and O–H groups in total. The molecule has 5 nitrogen and oxygen atoms in total. The highest BCUT2D eigenvalue weighted by molar-refractivity contribution is 7.89. The summed E-state index contributed by atoms with van der Waals surface area (Å²) in [5, 5.41) is 2.65. The van der Waals surface area contributed by atoms with Crippen LogP contribution in [-0.2, 0) is 16.4 Å². The first-order valence-electron chi connectivity index (χ1n) is 5.41. The first-order valence-corrected chi connectivity index (χ1v) is 7.78. The van der Waals surface area contributed by atoms with Crippen LogP contribution in [0.15, 0.2) is 34.7 Å². The van der Waals surface area contributed by atoms with Gasteiger partial charge in [0.1, 0.15) is 5.82 Å². The fourth-order valence-corrected chi connectivity index (χ4v) is 3.21. The lowest BCUT2D eigenvalue weighted by Crippen LogP contribution is -2.26. The summed E-state index contributed by atoms with van der Waals surface area (Å²) in [6.45, 7) is 0.201. The van der Waals surface area contributed by atoms with Gasteiger partial charge < -0.3 is 5.73 Å². The lowest BCUT2D eigenvalue weighted by molar-refractivity contribution is 0.578. The lowest BCUT2D eigenvalue weighted by atomic mass is 10.3. The predicted molar refractivity (Wildman–Crippen MR) is 71.8 cm³/mol. The van der Waals surface area contributed by atoms with E-state index in [-0.39, 0.29) is 17.1 Å². The lowest BCUT2D eigenvalue weighted by Gasteiger charge is -2.07. The number of nitrogens with one attached hydrogen (secondary N) is 1. The average Bonchev–Trinajstić information content (AvgIpc) is 2.80. The summed E-state index contributed by atoms with van der Waals surface area (Å²) in [5.74, 6) is -0.680. The van der Waals surface area contributed by atoms with Crippen molar-refractivity contribution in [2.24, 2.45) is 0 Å². The third kappa shape index (κ3) is 3.72. The Morgan fingerprint density at radius 1 is 1.37 bits per heavy atom. The van der Waals surface area contributed by atoms with Crippen LogP contribution < -0.4 is 10.5 Å². The zero-order chi connectivity index (χ0) is 13.9. The number of aromatic nitrogens is 1. The minimum Gasteiger partial charge on any atom is -0.399 e. The molecule has 1 aromatic heterocycles. The standard InChI is InChI=1S/C11H12FN3O2S2/c12-8-5-9(13)7-10(6-8)19(16,17)15-2-1-11-14-3-4-18-11/h3-7,15H,1-2,13H2. The Hall–Kier alpha value is -1.51. The van der Waals surface area contributed by atoms with Crippen LogP contribution in [0, 0.1) is 5.82 Å². The molecule has 1 heterocycles. The number of hydrogen-bond donors (Lipinski definition) is 2. The molecular formula is C11H12FN3O2S2. The van der Waals surface area contributed by atoms with Crippen LogP contribution in [0.5, 0.6) is 0 Å². The molecule has 0 unspecified atom stereocenters. The number of anilines is 1. The van der Waals surface area contributed by atoms with Gasteiger partial charge in [0.25, 0.3) is 0 Å². The predicted octanol–water partition coefficient (Wildman–Crippen LogP) is 1.39. The van der Waals surface area contributed by atoms with E-state index >= 15 is 0 Å². The second-order valence-corrected chi connectivity index (χ2v) is 6.54. The number of nitrogens with two attached hydrogens (primary N) is 1. The molecule has 0 fully saturated rings. The molecule has 0 amide bonds. The minimum absolute atomic E-state index is 0.0697. The van der Waals surface area contributed by atoms with Gasteiger partial charge >= 0.3 is 0 Å². The van der Waals surface area contributed by atoms with Gasteiger partial charge in [0.2, 0.25) is 10.0 Å². The summed E-state index contributed by atoms with van der Waals surface area (Å²) in [7, 11) is -3.75. The number of nitrogen functional groups attached to an aromatic ring is 1. The van der Waals surface area contributed by atoms with E-state index in [4.69, 9.17) is 5.73 Å². The maximum absolute atomic E-state index is 13.1. The Kier molecular flexibility index (Phi) is 4.13. The van der Waals surface area contributed by atoms with Crippen molar-refractivity contribution in [3.8, 4) is 0 Å². The third-order valence-electron chi connectivity index (χ3n) is 2.32. The van der Waals surface area contributed by atoms with E-state index in [1.807, 2.05) is 5.38 Å². The SMILES string of the molecule is Nc1cc(F)cc(S(=O)(=O)NCCc2nccs2)c1. The number of hydrogen-bond acceptors (Lipinski definition) is 5. The number of nitrogens with zero attached hydrogens (tertiary/aromatic N) is 1. The first-order chi connectivity index (χ1) is 8.97. The number of sulfonamides is 1. The molecule has 8 heteroatoms. The van der Waals surface area contributed by atoms with Gasteiger partial charge in [-0.15, -0.1) is 11.3 Å². The van der Waals surface area contributed by atoms with Crippen LogP contribution in [0.3, 0.4) is 0 Å². The molecule has 102 valence electrons. The van der Waals surface area contributed by atoms with Gasteiger partial charge in [0, 0.05) is 30.2 Å². The number of rotatable bonds is 5. The highest BCUT2D eigenvalue weighted by Crippen LogP contribution is 2.15. The molecule has 0 saturated carbocycles. The van der Waals surface area contributed by atoms with E-state index in [1.165, 1.54) is 17.4 Å². The summed E-state index contributed by atoms with van der Waals surface area (Å²) < 4.78 is 39.3. The number of benzene rings is 1. The maximum Gasteiger partial charge on any atom is 0.240 e. The molecule has 19 heavy (non-hydrogen) atoms. The minimum atomic E-state index is -3.75. The molecule has 0 atom stereocenters. The van der Waals surface area contributed by atoms with Crippen molar-refractivity contribution in [1.82, 2.24) is 9.71 Å². The van der Waals surface area contributed by atoms with E-state index < -0.39 is 15.8 Å². The van der Waals surface area contributed by atoms with Gasteiger partial charge in [-0.05, 0) is 18.2 Å². The molecular weight excluding hydrogens is 289 g/mol. The van der Waals surface area contributed by atoms with Crippen molar-refractivity contribution in [3.05, 3.63) is 40.6 Å². The Balaban J connectivity index is 2.05. The molecule has 0 saturated heterocycles. The van der Waals surface area contributed by atoms with Crippen LogP contribution in [0.2, 0.25) is 0 Å². The van der Waals surface area contributed by atoms with Crippen LogP contribution in [-0.4, -0.2) is 19.9 Å². The Morgan fingerprint density at radius 3 is 2.79 bits per heavy atom. The van der Waals surface area contributed by atoms with E-state index in [9.17, 15) is 12.8 Å². The molecule has 0 aliphatic carbocycles. The van der Waals surface area contributed by atoms with Gasteiger partial charge in [-0.1, -0.05) is 0 Å². The summed E-state index contributed by atoms with van der Waals surface area (Å²) in [6, 6.07) is 3.21. The smallest absolute Gasteiger partial charge is 0.240 e. The topological polar surface area (TPSA) is 85.1 Å². The Labute approximate surface area is 114 Å².